The Morgan fingerprint density at radius 1 is 0.875 bits per heavy atom. The minimum atomic E-state index is -4.21. The van der Waals surface area contributed by atoms with Crippen molar-refractivity contribution < 1.29 is 13.2 Å². The molecule has 0 saturated carbocycles. The zero-order chi connectivity index (χ0) is 11.9. The third kappa shape index (κ3) is 5.16. The summed E-state index contributed by atoms with van der Waals surface area (Å²) in [7, 11) is 0. The highest BCUT2D eigenvalue weighted by molar-refractivity contribution is 5.17. The molecule has 1 aliphatic heterocycles. The van der Waals surface area contributed by atoms with Gasteiger partial charge in [-0.05, 0) is 25.9 Å². The Morgan fingerprint density at radius 2 is 1.44 bits per heavy atom. The van der Waals surface area contributed by atoms with Gasteiger partial charge in [-0.15, -0.1) is 0 Å². The maximum absolute atomic E-state index is 11.8. The number of hydrogen-bond acceptors (Lipinski definition) is 1. The molecule has 0 aromatic heterocycles. The van der Waals surface area contributed by atoms with Gasteiger partial charge in [-0.3, -0.25) is 0 Å². The largest absolute Gasteiger partial charge is 0.416 e. The maximum Gasteiger partial charge on any atom is 0.416 e. The molecule has 1 aromatic rings. The summed E-state index contributed by atoms with van der Waals surface area (Å²) in [6.07, 6.45) is 0.00819. The molecule has 0 unspecified atom stereocenters. The quantitative estimate of drug-likeness (QED) is 0.721. The van der Waals surface area contributed by atoms with E-state index in [1.807, 2.05) is 0 Å². The van der Waals surface area contributed by atoms with Crippen molar-refractivity contribution in [3.05, 3.63) is 35.9 Å². The third-order valence-corrected chi connectivity index (χ3v) is 2.31. The summed E-state index contributed by atoms with van der Waals surface area (Å²) in [4.78, 5) is 0. The average molecular weight is 231 g/mol. The minimum absolute atomic E-state index is 0.602. The second kappa shape index (κ2) is 6.53. The topological polar surface area (TPSA) is 12.0 Å². The van der Waals surface area contributed by atoms with E-state index in [4.69, 9.17) is 0 Å². The Labute approximate surface area is 93.7 Å². The Hall–Kier alpha value is -1.03. The molecule has 0 bridgehead atoms. The van der Waals surface area contributed by atoms with E-state index in [-0.39, 0.29) is 0 Å². The van der Waals surface area contributed by atoms with Crippen molar-refractivity contribution in [1.82, 2.24) is 5.32 Å². The monoisotopic (exact) mass is 231 g/mol. The second-order valence-electron chi connectivity index (χ2n) is 3.67. The Kier molecular flexibility index (Phi) is 5.32. The van der Waals surface area contributed by atoms with Gasteiger partial charge in [0.05, 0.1) is 5.56 Å². The zero-order valence-corrected chi connectivity index (χ0v) is 9.06. The molecule has 16 heavy (non-hydrogen) atoms. The van der Waals surface area contributed by atoms with Crippen molar-refractivity contribution in [1.29, 1.82) is 0 Å². The van der Waals surface area contributed by atoms with E-state index in [1.165, 1.54) is 44.5 Å². The van der Waals surface area contributed by atoms with Gasteiger partial charge in [0.2, 0.25) is 0 Å². The third-order valence-electron chi connectivity index (χ3n) is 2.31. The van der Waals surface area contributed by atoms with Crippen molar-refractivity contribution in [2.24, 2.45) is 0 Å². The normalized spacial score (nSPS) is 16.2. The second-order valence-corrected chi connectivity index (χ2v) is 3.67. The average Bonchev–Trinajstić information content (AvgIpc) is 2.32. The summed E-state index contributed by atoms with van der Waals surface area (Å²) < 4.78 is 35.4. The van der Waals surface area contributed by atoms with Gasteiger partial charge in [0.15, 0.2) is 0 Å². The van der Waals surface area contributed by atoms with Crippen LogP contribution < -0.4 is 5.32 Å². The van der Waals surface area contributed by atoms with Crippen LogP contribution in [0.3, 0.4) is 0 Å². The van der Waals surface area contributed by atoms with Crippen molar-refractivity contribution in [3.63, 3.8) is 0 Å². The van der Waals surface area contributed by atoms with E-state index in [0.717, 1.165) is 12.1 Å². The Balaban J connectivity index is 0.000000181. The van der Waals surface area contributed by atoms with Crippen LogP contribution in [-0.2, 0) is 6.18 Å². The van der Waals surface area contributed by atoms with Crippen LogP contribution in [-0.4, -0.2) is 13.1 Å². The number of alkyl halides is 3. The summed E-state index contributed by atoms with van der Waals surface area (Å²) in [5.74, 6) is 0. The van der Waals surface area contributed by atoms with Gasteiger partial charge in [0, 0.05) is 0 Å². The molecule has 0 spiro atoms. The summed E-state index contributed by atoms with van der Waals surface area (Å²) in [5, 5.41) is 3.28. The van der Waals surface area contributed by atoms with Crippen LogP contribution in [0.1, 0.15) is 24.8 Å². The van der Waals surface area contributed by atoms with Crippen molar-refractivity contribution in [2.75, 3.05) is 13.1 Å². The SMILES string of the molecule is C1CCNCC1.FC(F)(F)c1ccccc1. The molecule has 2 rings (SSSR count). The molecule has 1 saturated heterocycles. The Bertz CT molecular complexity index is 267. The van der Waals surface area contributed by atoms with Gasteiger partial charge >= 0.3 is 6.18 Å². The number of piperidine rings is 1. The van der Waals surface area contributed by atoms with Crippen LogP contribution in [0.5, 0.6) is 0 Å². The summed E-state index contributed by atoms with van der Waals surface area (Å²) in [6, 6.07) is 6.36. The minimum Gasteiger partial charge on any atom is -0.317 e. The van der Waals surface area contributed by atoms with Crippen LogP contribution >= 0.6 is 0 Å². The van der Waals surface area contributed by atoms with Gasteiger partial charge in [0.1, 0.15) is 0 Å². The fraction of sp³-hybridized carbons (Fsp3) is 0.500. The van der Waals surface area contributed by atoms with Crippen molar-refractivity contribution in [3.8, 4) is 0 Å². The first kappa shape index (κ1) is 13.0. The van der Waals surface area contributed by atoms with Crippen molar-refractivity contribution >= 4 is 0 Å². The van der Waals surface area contributed by atoms with E-state index >= 15 is 0 Å². The lowest BCUT2D eigenvalue weighted by molar-refractivity contribution is -0.137. The molecule has 0 amide bonds. The number of rotatable bonds is 0. The zero-order valence-electron chi connectivity index (χ0n) is 9.06. The summed E-state index contributed by atoms with van der Waals surface area (Å²) >= 11 is 0. The molecular weight excluding hydrogens is 215 g/mol. The van der Waals surface area contributed by atoms with E-state index in [1.54, 1.807) is 6.07 Å². The van der Waals surface area contributed by atoms with E-state index in [0.29, 0.717) is 0 Å². The highest BCUT2D eigenvalue weighted by atomic mass is 19.4. The lowest BCUT2D eigenvalue weighted by atomic mass is 10.2. The molecule has 1 aliphatic rings. The number of nitrogens with one attached hydrogen (secondary N) is 1. The number of hydrogen-bond donors (Lipinski definition) is 1. The molecule has 1 heterocycles. The molecular formula is C12H16F3N. The first-order valence-electron chi connectivity index (χ1n) is 5.43. The number of benzene rings is 1. The standard InChI is InChI=1S/C7H5F3.C5H11N/c8-7(9,10)6-4-2-1-3-5-6;1-2-4-6-5-3-1/h1-5H;6H,1-5H2. The first-order chi connectivity index (χ1) is 7.61. The van der Waals surface area contributed by atoms with Crippen LogP contribution in [0.15, 0.2) is 30.3 Å². The predicted molar refractivity (Wildman–Crippen MR) is 58.2 cm³/mol. The molecule has 1 aromatic carbocycles. The van der Waals surface area contributed by atoms with Crippen molar-refractivity contribution in [2.45, 2.75) is 25.4 Å². The summed E-state index contributed by atoms with van der Waals surface area (Å²) in [6.45, 7) is 2.50. The highest BCUT2D eigenvalue weighted by Gasteiger charge is 2.29. The Morgan fingerprint density at radius 3 is 1.69 bits per heavy atom. The van der Waals surface area contributed by atoms with Crippen LogP contribution in [0, 0.1) is 0 Å². The molecule has 0 atom stereocenters. The number of halogens is 3. The van der Waals surface area contributed by atoms with E-state index in [9.17, 15) is 13.2 Å². The molecule has 0 aliphatic carbocycles. The maximum atomic E-state index is 11.8. The van der Waals surface area contributed by atoms with Gasteiger partial charge in [0.25, 0.3) is 0 Å². The highest BCUT2D eigenvalue weighted by Crippen LogP contribution is 2.28. The molecule has 4 heteroatoms. The molecule has 1 fully saturated rings. The molecule has 0 radical (unpaired) electrons. The lowest BCUT2D eigenvalue weighted by Crippen LogP contribution is -2.21. The van der Waals surface area contributed by atoms with Crippen LogP contribution in [0.4, 0.5) is 13.2 Å². The first-order valence-corrected chi connectivity index (χ1v) is 5.43. The van der Waals surface area contributed by atoms with Gasteiger partial charge < -0.3 is 5.32 Å². The van der Waals surface area contributed by atoms with Crippen LogP contribution in [0.25, 0.3) is 0 Å². The van der Waals surface area contributed by atoms with Gasteiger partial charge in [-0.25, -0.2) is 0 Å². The van der Waals surface area contributed by atoms with Gasteiger partial charge in [-0.2, -0.15) is 13.2 Å². The summed E-state index contributed by atoms with van der Waals surface area (Å²) in [5.41, 5.74) is -0.602. The molecule has 1 nitrogen and oxygen atoms in total. The van der Waals surface area contributed by atoms with Gasteiger partial charge in [-0.1, -0.05) is 36.8 Å². The van der Waals surface area contributed by atoms with E-state index in [2.05, 4.69) is 5.32 Å². The van der Waals surface area contributed by atoms with Crippen LogP contribution in [0.2, 0.25) is 0 Å². The lowest BCUT2D eigenvalue weighted by Gasteiger charge is -2.08. The smallest absolute Gasteiger partial charge is 0.317 e. The fourth-order valence-corrected chi connectivity index (χ4v) is 1.43. The predicted octanol–water partition coefficient (Wildman–Crippen LogP) is 3.47. The molecule has 90 valence electrons. The van der Waals surface area contributed by atoms with E-state index < -0.39 is 11.7 Å². The fourth-order valence-electron chi connectivity index (χ4n) is 1.43. The molecule has 1 N–H and O–H groups in total.